The smallest absolute Gasteiger partial charge is 0.216 e. The van der Waals surface area contributed by atoms with E-state index in [0.29, 0.717) is 29.9 Å². The summed E-state index contributed by atoms with van der Waals surface area (Å²) < 4.78 is 25.5. The molecule has 0 saturated carbocycles. The second-order valence-electron chi connectivity index (χ2n) is 4.69. The second-order valence-corrected chi connectivity index (χ2v) is 6.94. The highest BCUT2D eigenvalue weighted by Crippen LogP contribution is 2.24. The van der Waals surface area contributed by atoms with Crippen LogP contribution in [0.3, 0.4) is 0 Å². The Balaban J connectivity index is 2.52. The van der Waals surface area contributed by atoms with Crippen LogP contribution in [0.15, 0.2) is 23.1 Å². The number of alkyl halides is 1. The van der Waals surface area contributed by atoms with E-state index in [-0.39, 0.29) is 16.7 Å². The van der Waals surface area contributed by atoms with Crippen molar-refractivity contribution in [2.24, 2.45) is 0 Å². The standard InChI is InChI=1S/C13H16ClN3O3S/c1-9(18)15-6-7-17-10-4-3-5-11(21(2,19)20)13(10)16-12(17)8-14/h3-5H,6-8H2,1-2H3,(H,15,18). The number of benzene rings is 1. The van der Waals surface area contributed by atoms with E-state index in [9.17, 15) is 13.2 Å². The number of nitrogens with zero attached hydrogens (tertiary/aromatic N) is 2. The highest BCUT2D eigenvalue weighted by atomic mass is 35.5. The molecule has 1 heterocycles. The number of hydrogen-bond acceptors (Lipinski definition) is 4. The molecule has 2 rings (SSSR count). The molecule has 0 aliphatic carbocycles. The third-order valence-electron chi connectivity index (χ3n) is 3.05. The maximum atomic E-state index is 11.8. The Morgan fingerprint density at radius 2 is 2.14 bits per heavy atom. The third-order valence-corrected chi connectivity index (χ3v) is 4.42. The van der Waals surface area contributed by atoms with Crippen molar-refractivity contribution in [2.45, 2.75) is 24.2 Å². The minimum Gasteiger partial charge on any atom is -0.355 e. The van der Waals surface area contributed by atoms with Gasteiger partial charge in [0.05, 0.1) is 16.3 Å². The van der Waals surface area contributed by atoms with Gasteiger partial charge >= 0.3 is 0 Å². The van der Waals surface area contributed by atoms with Gasteiger partial charge in [-0.1, -0.05) is 6.07 Å². The average Bonchev–Trinajstić information content (AvgIpc) is 2.75. The molecule has 0 atom stereocenters. The van der Waals surface area contributed by atoms with Crippen molar-refractivity contribution in [3.8, 4) is 0 Å². The lowest BCUT2D eigenvalue weighted by atomic mass is 10.3. The second kappa shape index (κ2) is 6.03. The normalized spacial score (nSPS) is 11.8. The molecule has 21 heavy (non-hydrogen) atoms. The Bertz CT molecular complexity index is 783. The van der Waals surface area contributed by atoms with E-state index in [4.69, 9.17) is 11.6 Å². The number of aromatic nitrogens is 2. The molecule has 1 aromatic heterocycles. The Morgan fingerprint density at radius 1 is 1.43 bits per heavy atom. The molecule has 0 saturated heterocycles. The summed E-state index contributed by atoms with van der Waals surface area (Å²) in [4.78, 5) is 15.5. The molecular formula is C13H16ClN3O3S. The first-order chi connectivity index (χ1) is 9.84. The van der Waals surface area contributed by atoms with Crippen LogP contribution >= 0.6 is 11.6 Å². The number of hydrogen-bond donors (Lipinski definition) is 1. The fourth-order valence-corrected chi connectivity index (χ4v) is 3.20. The Hall–Kier alpha value is -1.60. The molecule has 0 radical (unpaired) electrons. The number of fused-ring (bicyclic) bond motifs is 1. The number of sulfone groups is 1. The van der Waals surface area contributed by atoms with E-state index in [1.54, 1.807) is 12.1 Å². The van der Waals surface area contributed by atoms with Crippen molar-refractivity contribution >= 4 is 38.4 Å². The van der Waals surface area contributed by atoms with E-state index in [1.165, 1.54) is 13.0 Å². The topological polar surface area (TPSA) is 81.1 Å². The fraction of sp³-hybridized carbons (Fsp3) is 0.385. The van der Waals surface area contributed by atoms with Crippen molar-refractivity contribution in [2.75, 3.05) is 12.8 Å². The quantitative estimate of drug-likeness (QED) is 0.839. The van der Waals surface area contributed by atoms with Gasteiger partial charge in [-0.25, -0.2) is 13.4 Å². The number of halogens is 1. The lowest BCUT2D eigenvalue weighted by Gasteiger charge is -2.08. The number of rotatable bonds is 5. The van der Waals surface area contributed by atoms with Gasteiger partial charge in [-0.05, 0) is 12.1 Å². The van der Waals surface area contributed by atoms with E-state index < -0.39 is 9.84 Å². The van der Waals surface area contributed by atoms with Gasteiger partial charge in [0.2, 0.25) is 5.91 Å². The van der Waals surface area contributed by atoms with Gasteiger partial charge in [0, 0.05) is 26.3 Å². The minimum atomic E-state index is -3.36. The molecular weight excluding hydrogens is 314 g/mol. The predicted octanol–water partition coefficient (Wildman–Crippen LogP) is 1.31. The average molecular weight is 330 g/mol. The Morgan fingerprint density at radius 3 is 2.71 bits per heavy atom. The molecule has 0 aliphatic rings. The van der Waals surface area contributed by atoms with E-state index in [1.807, 2.05) is 4.57 Å². The zero-order valence-electron chi connectivity index (χ0n) is 11.8. The largest absolute Gasteiger partial charge is 0.355 e. The van der Waals surface area contributed by atoms with E-state index in [0.717, 1.165) is 6.26 Å². The number of carbonyl (C=O) groups is 1. The monoisotopic (exact) mass is 329 g/mol. The first-order valence-electron chi connectivity index (χ1n) is 6.33. The van der Waals surface area contributed by atoms with Crippen LogP contribution in [-0.2, 0) is 27.1 Å². The van der Waals surface area contributed by atoms with Crippen LogP contribution in [0.4, 0.5) is 0 Å². The summed E-state index contributed by atoms with van der Waals surface area (Å²) in [7, 11) is -3.36. The molecule has 2 aromatic rings. The number of amides is 1. The molecule has 1 aromatic carbocycles. The van der Waals surface area contributed by atoms with Crippen LogP contribution in [0.25, 0.3) is 11.0 Å². The summed E-state index contributed by atoms with van der Waals surface area (Å²) in [5.41, 5.74) is 1.11. The summed E-state index contributed by atoms with van der Waals surface area (Å²) in [5, 5.41) is 2.70. The number of para-hydroxylation sites is 1. The van der Waals surface area contributed by atoms with Crippen LogP contribution in [0, 0.1) is 0 Å². The third kappa shape index (κ3) is 3.36. The first kappa shape index (κ1) is 15.8. The zero-order chi connectivity index (χ0) is 15.6. The maximum absolute atomic E-state index is 11.8. The van der Waals surface area contributed by atoms with Gasteiger partial charge in [-0.3, -0.25) is 4.79 Å². The van der Waals surface area contributed by atoms with Crippen LogP contribution in [0.1, 0.15) is 12.7 Å². The van der Waals surface area contributed by atoms with Crippen molar-refractivity contribution in [1.82, 2.24) is 14.9 Å². The number of imidazole rings is 1. The SMILES string of the molecule is CC(=O)NCCn1c(CCl)nc2c(S(C)(=O)=O)cccc21. The van der Waals surface area contributed by atoms with E-state index in [2.05, 4.69) is 10.3 Å². The van der Waals surface area contributed by atoms with Crippen LogP contribution in [0.5, 0.6) is 0 Å². The number of carbonyl (C=O) groups excluding carboxylic acids is 1. The van der Waals surface area contributed by atoms with Gasteiger partial charge in [0.1, 0.15) is 11.3 Å². The van der Waals surface area contributed by atoms with Gasteiger partial charge < -0.3 is 9.88 Å². The van der Waals surface area contributed by atoms with Crippen molar-refractivity contribution < 1.29 is 13.2 Å². The maximum Gasteiger partial charge on any atom is 0.216 e. The van der Waals surface area contributed by atoms with Crippen molar-refractivity contribution in [3.63, 3.8) is 0 Å². The number of nitrogens with one attached hydrogen (secondary N) is 1. The van der Waals surface area contributed by atoms with Gasteiger partial charge in [-0.2, -0.15) is 0 Å². The molecule has 0 bridgehead atoms. The van der Waals surface area contributed by atoms with Gasteiger partial charge in [0.25, 0.3) is 0 Å². The molecule has 0 fully saturated rings. The molecule has 8 heteroatoms. The van der Waals surface area contributed by atoms with Gasteiger partial charge in [0.15, 0.2) is 9.84 Å². The lowest BCUT2D eigenvalue weighted by Crippen LogP contribution is -2.24. The van der Waals surface area contributed by atoms with Gasteiger partial charge in [-0.15, -0.1) is 11.6 Å². The molecule has 1 amide bonds. The predicted molar refractivity (Wildman–Crippen MR) is 81.1 cm³/mol. The summed E-state index contributed by atoms with van der Waals surface area (Å²) in [6.07, 6.45) is 1.15. The molecule has 0 aliphatic heterocycles. The highest BCUT2D eigenvalue weighted by molar-refractivity contribution is 7.91. The van der Waals surface area contributed by atoms with E-state index >= 15 is 0 Å². The van der Waals surface area contributed by atoms with Crippen LogP contribution in [-0.4, -0.2) is 36.7 Å². The van der Waals surface area contributed by atoms with Crippen molar-refractivity contribution in [3.05, 3.63) is 24.0 Å². The zero-order valence-corrected chi connectivity index (χ0v) is 13.3. The summed E-state index contributed by atoms with van der Waals surface area (Å²) in [6.45, 7) is 2.34. The fourth-order valence-electron chi connectivity index (χ4n) is 2.16. The highest BCUT2D eigenvalue weighted by Gasteiger charge is 2.18. The molecule has 0 spiro atoms. The summed E-state index contributed by atoms with van der Waals surface area (Å²) in [6, 6.07) is 5.00. The molecule has 6 nitrogen and oxygen atoms in total. The van der Waals surface area contributed by atoms with Crippen molar-refractivity contribution in [1.29, 1.82) is 0 Å². The Kier molecular flexibility index (Phi) is 4.53. The van der Waals surface area contributed by atoms with Crippen LogP contribution in [0.2, 0.25) is 0 Å². The lowest BCUT2D eigenvalue weighted by molar-refractivity contribution is -0.118. The summed E-state index contributed by atoms with van der Waals surface area (Å²) in [5.74, 6) is 0.620. The Labute approximate surface area is 128 Å². The molecule has 0 unspecified atom stereocenters. The summed E-state index contributed by atoms with van der Waals surface area (Å²) >= 11 is 5.89. The van der Waals surface area contributed by atoms with Crippen LogP contribution < -0.4 is 5.32 Å². The minimum absolute atomic E-state index is 0.122. The molecule has 1 N–H and O–H groups in total. The first-order valence-corrected chi connectivity index (χ1v) is 8.75. The molecule has 114 valence electrons.